The van der Waals surface area contributed by atoms with Crippen LogP contribution < -0.4 is 5.32 Å². The molecular formula is C25H39BN2O2. The SMILES string of the molecule is C=CCC(C)C#CC(O)C(=CC)CC(NC(=O)C1=CC=CC(CN(C)C)C1)B(C)C. The fourth-order valence-electron chi connectivity index (χ4n) is 3.49. The van der Waals surface area contributed by atoms with Crippen LogP contribution >= 0.6 is 0 Å². The fraction of sp³-hybridized carbons (Fsp3) is 0.560. The molecule has 5 heteroatoms. The van der Waals surface area contributed by atoms with Crippen molar-refractivity contribution in [1.29, 1.82) is 0 Å². The van der Waals surface area contributed by atoms with Gasteiger partial charge in [0.25, 0.3) is 0 Å². The van der Waals surface area contributed by atoms with Gasteiger partial charge in [-0.3, -0.25) is 4.79 Å². The van der Waals surface area contributed by atoms with Gasteiger partial charge in [-0.1, -0.05) is 62.8 Å². The molecule has 0 fully saturated rings. The number of hydrogen-bond donors (Lipinski definition) is 2. The van der Waals surface area contributed by atoms with Crippen LogP contribution in [0.25, 0.3) is 0 Å². The van der Waals surface area contributed by atoms with Crippen LogP contribution in [0.2, 0.25) is 13.6 Å². The fourth-order valence-corrected chi connectivity index (χ4v) is 3.49. The Morgan fingerprint density at radius 3 is 2.70 bits per heavy atom. The maximum absolute atomic E-state index is 12.9. The predicted molar refractivity (Wildman–Crippen MR) is 129 cm³/mol. The second-order valence-corrected chi connectivity index (χ2v) is 8.81. The standard InChI is InChI=1S/C25H39BN2O2/c1-8-11-19(3)14-15-23(29)21(9-2)17-24(26(4)5)27-25(30)22-13-10-12-20(16-22)18-28(6)7/h8-10,12-13,19-20,23-24,29H,1,11,16-18H2,2-7H3,(H,27,30). The van der Waals surface area contributed by atoms with E-state index in [1.165, 1.54) is 0 Å². The van der Waals surface area contributed by atoms with E-state index in [1.807, 2.05) is 52.2 Å². The minimum absolute atomic E-state index is 0.0163. The van der Waals surface area contributed by atoms with Crippen LogP contribution in [0.3, 0.4) is 0 Å². The van der Waals surface area contributed by atoms with Crippen molar-refractivity contribution in [1.82, 2.24) is 10.2 Å². The zero-order valence-corrected chi connectivity index (χ0v) is 19.6. The van der Waals surface area contributed by atoms with E-state index in [2.05, 4.69) is 48.4 Å². The molecule has 0 aliphatic heterocycles. The number of amides is 1. The highest BCUT2D eigenvalue weighted by atomic mass is 16.3. The van der Waals surface area contributed by atoms with Gasteiger partial charge in [0.1, 0.15) is 6.10 Å². The molecule has 0 radical (unpaired) electrons. The quantitative estimate of drug-likeness (QED) is 0.328. The van der Waals surface area contributed by atoms with Crippen LogP contribution in [0.5, 0.6) is 0 Å². The molecule has 0 aromatic carbocycles. The van der Waals surface area contributed by atoms with E-state index in [-0.39, 0.29) is 24.5 Å². The maximum atomic E-state index is 12.9. The summed E-state index contributed by atoms with van der Waals surface area (Å²) in [6.45, 7) is 13.0. The van der Waals surface area contributed by atoms with Crippen LogP contribution in [-0.2, 0) is 4.79 Å². The summed E-state index contributed by atoms with van der Waals surface area (Å²) in [5.41, 5.74) is 1.66. The smallest absolute Gasteiger partial charge is 0.246 e. The second-order valence-electron chi connectivity index (χ2n) is 8.81. The van der Waals surface area contributed by atoms with Crippen molar-refractivity contribution in [3.05, 3.63) is 48.1 Å². The van der Waals surface area contributed by atoms with Gasteiger partial charge in [0.2, 0.25) is 5.91 Å². The van der Waals surface area contributed by atoms with Gasteiger partial charge < -0.3 is 15.3 Å². The molecule has 4 atom stereocenters. The maximum Gasteiger partial charge on any atom is 0.246 e. The molecule has 0 heterocycles. The van der Waals surface area contributed by atoms with Crippen LogP contribution in [0.4, 0.5) is 0 Å². The van der Waals surface area contributed by atoms with Crippen LogP contribution in [-0.4, -0.2) is 55.3 Å². The lowest BCUT2D eigenvalue weighted by molar-refractivity contribution is -0.118. The van der Waals surface area contributed by atoms with Crippen molar-refractivity contribution in [3.63, 3.8) is 0 Å². The molecule has 0 spiro atoms. The van der Waals surface area contributed by atoms with Gasteiger partial charge in [-0.15, -0.1) is 6.58 Å². The van der Waals surface area contributed by atoms with Gasteiger partial charge in [0.15, 0.2) is 6.71 Å². The molecule has 4 nitrogen and oxygen atoms in total. The molecule has 0 bridgehead atoms. The highest BCUT2D eigenvalue weighted by molar-refractivity contribution is 6.58. The number of aliphatic hydroxyl groups excluding tert-OH is 1. The highest BCUT2D eigenvalue weighted by Gasteiger charge is 2.25. The van der Waals surface area contributed by atoms with Crippen LogP contribution in [0, 0.1) is 23.7 Å². The molecule has 4 unspecified atom stereocenters. The molecule has 1 aliphatic carbocycles. The first-order valence-electron chi connectivity index (χ1n) is 11.0. The minimum atomic E-state index is -0.818. The molecule has 0 saturated heterocycles. The minimum Gasteiger partial charge on any atom is -0.376 e. The van der Waals surface area contributed by atoms with E-state index in [0.29, 0.717) is 12.3 Å². The Morgan fingerprint density at radius 2 is 2.13 bits per heavy atom. The molecule has 0 aromatic rings. The Labute approximate surface area is 184 Å². The van der Waals surface area contributed by atoms with Crippen molar-refractivity contribution in [3.8, 4) is 11.8 Å². The number of nitrogens with one attached hydrogen (secondary N) is 1. The molecule has 164 valence electrons. The topological polar surface area (TPSA) is 52.6 Å². The monoisotopic (exact) mass is 410 g/mol. The molecule has 1 rings (SSSR count). The van der Waals surface area contributed by atoms with Gasteiger partial charge in [-0.2, -0.15) is 0 Å². The van der Waals surface area contributed by atoms with Crippen molar-refractivity contribution >= 4 is 12.6 Å². The first kappa shape index (κ1) is 26.0. The first-order chi connectivity index (χ1) is 14.2. The van der Waals surface area contributed by atoms with E-state index in [0.717, 1.165) is 30.5 Å². The lowest BCUT2D eigenvalue weighted by Crippen LogP contribution is -2.45. The van der Waals surface area contributed by atoms with Crippen LogP contribution in [0.1, 0.15) is 33.1 Å². The Hall–Kier alpha value is -2.03. The van der Waals surface area contributed by atoms with E-state index < -0.39 is 6.10 Å². The van der Waals surface area contributed by atoms with Gasteiger partial charge >= 0.3 is 0 Å². The summed E-state index contributed by atoms with van der Waals surface area (Å²) in [4.78, 5) is 15.1. The Morgan fingerprint density at radius 1 is 1.43 bits per heavy atom. The average Bonchev–Trinajstić information content (AvgIpc) is 2.68. The third kappa shape index (κ3) is 9.20. The van der Waals surface area contributed by atoms with Gasteiger partial charge in [-0.05, 0) is 51.8 Å². The number of aliphatic hydroxyl groups is 1. The number of rotatable bonds is 10. The summed E-state index contributed by atoms with van der Waals surface area (Å²) in [7, 11) is 4.09. The summed E-state index contributed by atoms with van der Waals surface area (Å²) in [5.74, 6) is 6.48. The molecular weight excluding hydrogens is 371 g/mol. The number of nitrogens with zero attached hydrogens (tertiary/aromatic N) is 1. The predicted octanol–water partition coefficient (Wildman–Crippen LogP) is 3.74. The number of allylic oxidation sites excluding steroid dienone is 4. The molecule has 1 aliphatic rings. The van der Waals surface area contributed by atoms with E-state index in [4.69, 9.17) is 0 Å². The largest absolute Gasteiger partial charge is 0.376 e. The van der Waals surface area contributed by atoms with E-state index in [9.17, 15) is 9.90 Å². The number of carbonyl (C=O) groups is 1. The van der Waals surface area contributed by atoms with Crippen LogP contribution in [0.15, 0.2) is 48.1 Å². The Balaban J connectivity index is 2.79. The lowest BCUT2D eigenvalue weighted by atomic mass is 9.47. The molecule has 1 amide bonds. The average molecular weight is 410 g/mol. The second kappa shape index (κ2) is 13.3. The molecule has 2 N–H and O–H groups in total. The molecule has 30 heavy (non-hydrogen) atoms. The Bertz CT molecular complexity index is 725. The summed E-state index contributed by atoms with van der Waals surface area (Å²) < 4.78 is 0. The first-order valence-corrected chi connectivity index (χ1v) is 11.0. The number of hydrogen-bond acceptors (Lipinski definition) is 3. The molecule has 0 aromatic heterocycles. The summed E-state index contributed by atoms with van der Waals surface area (Å²) in [6.07, 6.45) is 11.1. The van der Waals surface area contributed by atoms with Crippen molar-refractivity contribution in [2.75, 3.05) is 20.6 Å². The number of carbonyl (C=O) groups excluding carboxylic acids is 1. The third-order valence-corrected chi connectivity index (χ3v) is 5.34. The zero-order valence-electron chi connectivity index (χ0n) is 19.6. The van der Waals surface area contributed by atoms with Gasteiger partial charge in [-0.25, -0.2) is 0 Å². The van der Waals surface area contributed by atoms with E-state index >= 15 is 0 Å². The lowest BCUT2D eigenvalue weighted by Gasteiger charge is -2.26. The van der Waals surface area contributed by atoms with E-state index in [1.54, 1.807) is 0 Å². The summed E-state index contributed by atoms with van der Waals surface area (Å²) in [5, 5.41) is 13.7. The van der Waals surface area contributed by atoms with Crippen molar-refractivity contribution in [2.45, 2.75) is 58.8 Å². The summed E-state index contributed by atoms with van der Waals surface area (Å²) >= 11 is 0. The Kier molecular flexibility index (Phi) is 11.5. The highest BCUT2D eigenvalue weighted by Crippen LogP contribution is 2.20. The zero-order chi connectivity index (χ0) is 22.7. The molecule has 0 saturated carbocycles. The van der Waals surface area contributed by atoms with Gasteiger partial charge in [0.05, 0.1) is 0 Å². The normalized spacial score (nSPS) is 19.3. The summed E-state index contributed by atoms with van der Waals surface area (Å²) in [6, 6.07) is 0. The van der Waals surface area contributed by atoms with Crippen molar-refractivity contribution < 1.29 is 9.90 Å². The third-order valence-electron chi connectivity index (χ3n) is 5.34. The van der Waals surface area contributed by atoms with Crippen molar-refractivity contribution in [2.24, 2.45) is 11.8 Å². The van der Waals surface area contributed by atoms with Gasteiger partial charge in [0, 0.05) is 24.0 Å².